The van der Waals surface area contributed by atoms with Gasteiger partial charge in [-0.1, -0.05) is 216 Å². The molecule has 6 heteroatoms. The van der Waals surface area contributed by atoms with Crippen molar-refractivity contribution in [2.75, 3.05) is 0 Å². The lowest BCUT2D eigenvalue weighted by Gasteiger charge is -2.28. The van der Waals surface area contributed by atoms with E-state index in [1.165, 1.54) is 0 Å². The Kier molecular flexibility index (Phi) is 15.0. The summed E-state index contributed by atoms with van der Waals surface area (Å²) in [6.45, 7) is 40.4. The van der Waals surface area contributed by atoms with Crippen molar-refractivity contribution in [2.45, 2.75) is 209 Å². The fraction of sp³-hybridized carbons (Fsp3) is 0.432. The Morgan fingerprint density at radius 3 is 0.625 bits per heavy atom. The molecule has 0 saturated carbocycles. The summed E-state index contributed by atoms with van der Waals surface area (Å²) < 4.78 is 14.5. The Bertz CT molecular complexity index is 3110. The lowest BCUT2D eigenvalue weighted by Crippen LogP contribution is -2.16. The number of phenolic OH excluding ortho intramolecular Hbond substituents is 4. The molecule has 80 heavy (non-hydrogen) atoms. The standard InChI is InChI=1S/C74H90O6/c1-69(2,3)57-29-45-23-46-30-58(70(4,5)6)34-50(64(46)76)26-55-39-62(74(16,17)18)40-56-28-52-36-60(72(10,11)12)32-48(66(52)78)24-47-31-59(71(7,8)9)35-51(65(47)77)27-54-38-61(73(13,14)15)37-53(25-49(33-57)63(45)75)67(54)79-41-43-20-19-21-44(22-43)42-80-68(55)56/h19-22,29-40,75-78H,23-28,41-42H2,1-18H3. The Labute approximate surface area is 479 Å². The minimum Gasteiger partial charge on any atom is -0.507 e. The number of ether oxygens (including phenoxy) is 2. The molecule has 2 aliphatic rings. The van der Waals surface area contributed by atoms with Crippen molar-refractivity contribution in [1.82, 2.24) is 0 Å². The van der Waals surface area contributed by atoms with E-state index in [2.05, 4.69) is 222 Å². The van der Waals surface area contributed by atoms with Crippen LogP contribution in [0, 0.1) is 0 Å². The first-order chi connectivity index (χ1) is 37.0. The minimum atomic E-state index is -0.277. The van der Waals surface area contributed by atoms with Crippen LogP contribution in [0.15, 0.2) is 97.1 Å². The number of hydrogen-bond donors (Lipinski definition) is 4. The van der Waals surface area contributed by atoms with Crippen LogP contribution in [0.5, 0.6) is 34.5 Å². The van der Waals surface area contributed by atoms with E-state index in [1.807, 2.05) is 0 Å². The SMILES string of the molecule is CC(C)(C)c1cc2c(O)c(c1)Cc1cc(C(C)(C)C)cc3c1OCc1cccc(c1)COc1c(cc(C(C)(C)C)cc1Cc1cc(C(C)(C)C)cc(c1O)Cc1cc(C(C)(C)C)cc(c1O)C3)Cc1cc(C(C)(C)C)cc(c1O)C2. The molecule has 2 aliphatic heterocycles. The number of phenols is 4. The third-order valence-corrected chi connectivity index (χ3v) is 16.8. The molecule has 7 aromatic rings. The molecule has 6 nitrogen and oxygen atoms in total. The first kappa shape index (κ1) is 58.0. The maximum atomic E-state index is 12.9. The van der Waals surface area contributed by atoms with Crippen molar-refractivity contribution >= 4 is 0 Å². The molecule has 2 heterocycles. The van der Waals surface area contributed by atoms with Crippen molar-refractivity contribution in [2.24, 2.45) is 0 Å². The minimum absolute atomic E-state index is 0.199. The highest BCUT2D eigenvalue weighted by Crippen LogP contribution is 2.46. The Morgan fingerprint density at radius 2 is 0.438 bits per heavy atom. The largest absolute Gasteiger partial charge is 0.507 e. The molecule has 0 unspecified atom stereocenters. The molecule has 422 valence electrons. The summed E-state index contributed by atoms with van der Waals surface area (Å²) in [6.07, 6.45) is 2.05. The van der Waals surface area contributed by atoms with Gasteiger partial charge in [0.25, 0.3) is 0 Å². The van der Waals surface area contributed by atoms with Gasteiger partial charge in [0.15, 0.2) is 0 Å². The van der Waals surface area contributed by atoms with Crippen LogP contribution < -0.4 is 9.47 Å². The Morgan fingerprint density at radius 1 is 0.263 bits per heavy atom. The summed E-state index contributed by atoms with van der Waals surface area (Å²) in [4.78, 5) is 0. The highest BCUT2D eigenvalue weighted by Gasteiger charge is 2.30. The molecular formula is C74H90O6. The zero-order chi connectivity index (χ0) is 58.4. The average molecular weight is 1080 g/mol. The first-order valence-corrected chi connectivity index (χ1v) is 29.1. The summed E-state index contributed by atoms with van der Waals surface area (Å²) in [7, 11) is 0. The fourth-order valence-corrected chi connectivity index (χ4v) is 11.5. The molecule has 9 rings (SSSR count). The van der Waals surface area contributed by atoms with Crippen molar-refractivity contribution in [3.8, 4) is 34.5 Å². The molecule has 0 aliphatic carbocycles. The van der Waals surface area contributed by atoms with Crippen LogP contribution in [0.3, 0.4) is 0 Å². The predicted octanol–water partition coefficient (Wildman–Crippen LogP) is 17.6. The number of rotatable bonds is 0. The highest BCUT2D eigenvalue weighted by atomic mass is 16.5. The van der Waals surface area contributed by atoms with Gasteiger partial charge in [-0.2, -0.15) is 0 Å². The van der Waals surface area contributed by atoms with Gasteiger partial charge in [-0.05, 0) is 150 Å². The van der Waals surface area contributed by atoms with Gasteiger partial charge in [-0.25, -0.2) is 0 Å². The lowest BCUT2D eigenvalue weighted by molar-refractivity contribution is 0.294. The normalized spacial score (nSPS) is 14.6. The molecule has 0 amide bonds. The van der Waals surface area contributed by atoms with Crippen molar-refractivity contribution in [3.63, 3.8) is 0 Å². The molecule has 0 radical (unpaired) electrons. The van der Waals surface area contributed by atoms with Gasteiger partial charge in [-0.15, -0.1) is 0 Å². The Balaban J connectivity index is 1.45. The highest BCUT2D eigenvalue weighted by molar-refractivity contribution is 5.61. The molecule has 4 N–H and O–H groups in total. The van der Waals surface area contributed by atoms with E-state index in [-0.39, 0.29) is 68.7 Å². The molecular weight excluding hydrogens is 985 g/mol. The van der Waals surface area contributed by atoms with Crippen molar-refractivity contribution < 1.29 is 29.9 Å². The van der Waals surface area contributed by atoms with Crippen LogP contribution in [-0.2, 0) is 84.2 Å². The van der Waals surface area contributed by atoms with Crippen LogP contribution in [0.4, 0.5) is 0 Å². The molecule has 0 atom stereocenters. The van der Waals surface area contributed by atoms with E-state index in [1.54, 1.807) is 0 Å². The molecule has 0 saturated heterocycles. The number of fused-ring (bicyclic) bond motifs is 10. The van der Waals surface area contributed by atoms with Gasteiger partial charge >= 0.3 is 0 Å². The van der Waals surface area contributed by atoms with Gasteiger partial charge < -0.3 is 29.9 Å². The maximum absolute atomic E-state index is 12.9. The van der Waals surface area contributed by atoms with Crippen LogP contribution in [-0.4, -0.2) is 20.4 Å². The molecule has 0 spiro atoms. The van der Waals surface area contributed by atoms with E-state index in [4.69, 9.17) is 9.47 Å². The first-order valence-electron chi connectivity index (χ1n) is 29.1. The second kappa shape index (κ2) is 20.7. The topological polar surface area (TPSA) is 99.4 Å². The maximum Gasteiger partial charge on any atom is 0.126 e. The van der Waals surface area contributed by atoms with E-state index < -0.39 is 0 Å². The van der Waals surface area contributed by atoms with Gasteiger partial charge in [0.1, 0.15) is 47.7 Å². The zero-order valence-electron chi connectivity index (χ0n) is 51.5. The van der Waals surface area contributed by atoms with Crippen LogP contribution in [0.25, 0.3) is 0 Å². The fourth-order valence-electron chi connectivity index (χ4n) is 11.5. The predicted molar refractivity (Wildman–Crippen MR) is 329 cm³/mol. The van der Waals surface area contributed by atoms with Gasteiger partial charge in [0.2, 0.25) is 0 Å². The van der Waals surface area contributed by atoms with Crippen LogP contribution in [0.2, 0.25) is 0 Å². The van der Waals surface area contributed by atoms with E-state index in [9.17, 15) is 20.4 Å². The Hall–Kier alpha value is -6.66. The lowest BCUT2D eigenvalue weighted by atomic mass is 9.79. The second-order valence-electron chi connectivity index (χ2n) is 29.8. The zero-order valence-corrected chi connectivity index (χ0v) is 51.5. The molecule has 12 bridgehead atoms. The summed E-state index contributed by atoms with van der Waals surface area (Å²) in [6, 6.07) is 34.6. The number of aromatic hydroxyl groups is 4. The summed E-state index contributed by atoms with van der Waals surface area (Å²) in [5.74, 6) is 2.21. The third-order valence-electron chi connectivity index (χ3n) is 16.8. The van der Waals surface area contributed by atoms with E-state index in [0.29, 0.717) is 50.0 Å². The quantitative estimate of drug-likeness (QED) is 0.121. The molecule has 0 fully saturated rings. The third kappa shape index (κ3) is 12.3. The number of hydrogen-bond acceptors (Lipinski definition) is 6. The van der Waals surface area contributed by atoms with Gasteiger partial charge in [0.05, 0.1) is 0 Å². The van der Waals surface area contributed by atoms with Crippen LogP contribution in [0.1, 0.15) is 236 Å². The van der Waals surface area contributed by atoms with E-state index >= 15 is 0 Å². The monoisotopic (exact) mass is 1070 g/mol. The van der Waals surface area contributed by atoms with Gasteiger partial charge in [-0.3, -0.25) is 0 Å². The van der Waals surface area contributed by atoms with Gasteiger partial charge in [0, 0.05) is 38.5 Å². The molecule has 7 aromatic carbocycles. The van der Waals surface area contributed by atoms with Crippen molar-refractivity contribution in [3.05, 3.63) is 208 Å². The molecule has 0 aromatic heterocycles. The summed E-state index contributed by atoms with van der Waals surface area (Å²) >= 11 is 0. The number of benzene rings is 7. The van der Waals surface area contributed by atoms with Crippen molar-refractivity contribution in [1.29, 1.82) is 0 Å². The summed E-state index contributed by atoms with van der Waals surface area (Å²) in [5.41, 5.74) is 16.6. The smallest absolute Gasteiger partial charge is 0.126 e. The average Bonchev–Trinajstić information content (AvgIpc) is 3.40. The second-order valence-corrected chi connectivity index (χ2v) is 29.8. The summed E-state index contributed by atoms with van der Waals surface area (Å²) in [5, 5.41) is 51.5. The van der Waals surface area contributed by atoms with Crippen LogP contribution >= 0.6 is 0 Å². The van der Waals surface area contributed by atoms with E-state index in [0.717, 1.165) is 111 Å².